The lowest BCUT2D eigenvalue weighted by molar-refractivity contribution is 0.102. The second-order valence-electron chi connectivity index (χ2n) is 5.72. The number of amides is 1. The molecule has 0 aliphatic rings. The number of nitrogens with one attached hydrogen (secondary N) is 1. The summed E-state index contributed by atoms with van der Waals surface area (Å²) < 4.78 is 1.75. The highest BCUT2D eigenvalue weighted by Crippen LogP contribution is 2.27. The van der Waals surface area contributed by atoms with Crippen LogP contribution in [-0.2, 0) is 0 Å². The smallest absolute Gasteiger partial charge is 0.257 e. The summed E-state index contributed by atoms with van der Waals surface area (Å²) in [7, 11) is 0. The van der Waals surface area contributed by atoms with Gasteiger partial charge in [0, 0.05) is 33.8 Å². The Morgan fingerprint density at radius 3 is 2.56 bits per heavy atom. The first-order valence-electron chi connectivity index (χ1n) is 8.24. The van der Waals surface area contributed by atoms with Crippen LogP contribution < -0.4 is 5.32 Å². The van der Waals surface area contributed by atoms with Crippen molar-refractivity contribution in [1.29, 1.82) is 0 Å². The van der Waals surface area contributed by atoms with Crippen LogP contribution in [0.25, 0.3) is 16.9 Å². The van der Waals surface area contributed by atoms with E-state index >= 15 is 0 Å². The molecule has 4 aromatic rings. The van der Waals surface area contributed by atoms with E-state index < -0.39 is 0 Å². The average Bonchev–Trinajstić information content (AvgIpc) is 3.40. The third kappa shape index (κ3) is 3.94. The van der Waals surface area contributed by atoms with Crippen LogP contribution in [0, 0.1) is 0 Å². The number of thiazole rings is 1. The summed E-state index contributed by atoms with van der Waals surface area (Å²) in [6.45, 7) is 0. The van der Waals surface area contributed by atoms with Crippen molar-refractivity contribution in [2.24, 2.45) is 0 Å². The van der Waals surface area contributed by atoms with Crippen molar-refractivity contribution >= 4 is 34.1 Å². The number of thioether (sulfide) groups is 1. The molecule has 1 N–H and O–H groups in total. The highest BCUT2D eigenvalue weighted by atomic mass is 32.2. The van der Waals surface area contributed by atoms with Gasteiger partial charge in [0.1, 0.15) is 0 Å². The molecule has 5 nitrogen and oxygen atoms in total. The summed E-state index contributed by atoms with van der Waals surface area (Å²) in [6, 6.07) is 17.4. The summed E-state index contributed by atoms with van der Waals surface area (Å²) >= 11 is 3.12. The van der Waals surface area contributed by atoms with Crippen LogP contribution in [0.4, 0.5) is 5.13 Å². The Morgan fingerprint density at radius 2 is 1.89 bits per heavy atom. The summed E-state index contributed by atoms with van der Waals surface area (Å²) in [5, 5.41) is 9.58. The van der Waals surface area contributed by atoms with Crippen LogP contribution in [0.2, 0.25) is 0 Å². The van der Waals surface area contributed by atoms with Crippen molar-refractivity contribution in [1.82, 2.24) is 14.8 Å². The minimum Gasteiger partial charge on any atom is -0.298 e. The molecule has 0 saturated heterocycles. The second kappa shape index (κ2) is 7.77. The molecule has 0 radical (unpaired) electrons. The lowest BCUT2D eigenvalue weighted by atomic mass is 10.2. The van der Waals surface area contributed by atoms with E-state index in [1.165, 1.54) is 16.2 Å². The van der Waals surface area contributed by atoms with Crippen LogP contribution in [0.15, 0.2) is 77.3 Å². The fraction of sp³-hybridized carbons (Fsp3) is 0.0500. The monoisotopic (exact) mass is 392 g/mol. The number of benzene rings is 2. The van der Waals surface area contributed by atoms with Crippen molar-refractivity contribution in [2.75, 3.05) is 11.6 Å². The topological polar surface area (TPSA) is 59.8 Å². The van der Waals surface area contributed by atoms with Gasteiger partial charge < -0.3 is 0 Å². The molecule has 7 heteroatoms. The van der Waals surface area contributed by atoms with Gasteiger partial charge in [0.25, 0.3) is 5.91 Å². The molecular formula is C20H16N4OS2. The highest BCUT2D eigenvalue weighted by molar-refractivity contribution is 7.98. The maximum atomic E-state index is 12.5. The molecule has 0 aliphatic carbocycles. The number of hydrogen-bond donors (Lipinski definition) is 1. The quantitative estimate of drug-likeness (QED) is 0.487. The predicted molar refractivity (Wildman–Crippen MR) is 111 cm³/mol. The Hall–Kier alpha value is -2.90. The summed E-state index contributed by atoms with van der Waals surface area (Å²) in [5.41, 5.74) is 3.37. The Balaban J connectivity index is 1.46. The number of hydrogen-bond acceptors (Lipinski definition) is 5. The molecule has 0 saturated carbocycles. The van der Waals surface area contributed by atoms with Crippen LogP contribution >= 0.6 is 23.1 Å². The molecule has 0 spiro atoms. The van der Waals surface area contributed by atoms with Gasteiger partial charge in [-0.3, -0.25) is 10.1 Å². The van der Waals surface area contributed by atoms with Gasteiger partial charge >= 0.3 is 0 Å². The molecule has 1 amide bonds. The Labute approximate surface area is 165 Å². The molecule has 0 fully saturated rings. The normalized spacial score (nSPS) is 10.7. The van der Waals surface area contributed by atoms with Crippen LogP contribution in [0.5, 0.6) is 0 Å². The van der Waals surface area contributed by atoms with Gasteiger partial charge in [-0.15, -0.1) is 23.1 Å². The third-order valence-electron chi connectivity index (χ3n) is 4.01. The summed E-state index contributed by atoms with van der Waals surface area (Å²) in [4.78, 5) is 18.2. The van der Waals surface area contributed by atoms with E-state index in [4.69, 9.17) is 0 Å². The van der Waals surface area contributed by atoms with Gasteiger partial charge in [-0.2, -0.15) is 5.10 Å². The number of carbonyl (C=O) groups excluding carboxylic acids is 1. The maximum Gasteiger partial charge on any atom is 0.257 e. The number of nitrogens with zero attached hydrogens (tertiary/aromatic N) is 3. The Morgan fingerprint density at radius 1 is 1.11 bits per heavy atom. The molecule has 0 bridgehead atoms. The molecule has 2 heterocycles. The molecule has 27 heavy (non-hydrogen) atoms. The van der Waals surface area contributed by atoms with Gasteiger partial charge in [0.2, 0.25) is 0 Å². The number of carbonyl (C=O) groups is 1. The van der Waals surface area contributed by atoms with E-state index in [0.29, 0.717) is 10.7 Å². The van der Waals surface area contributed by atoms with E-state index in [-0.39, 0.29) is 5.91 Å². The molecule has 4 rings (SSSR count). The van der Waals surface area contributed by atoms with Gasteiger partial charge in [0.15, 0.2) is 5.13 Å². The zero-order valence-corrected chi connectivity index (χ0v) is 16.1. The zero-order valence-electron chi connectivity index (χ0n) is 14.5. The lowest BCUT2D eigenvalue weighted by Gasteiger charge is -2.04. The first-order valence-corrected chi connectivity index (χ1v) is 10.3. The largest absolute Gasteiger partial charge is 0.298 e. The van der Waals surface area contributed by atoms with Gasteiger partial charge in [-0.05, 0) is 48.7 Å². The van der Waals surface area contributed by atoms with Gasteiger partial charge in [0.05, 0.1) is 11.4 Å². The van der Waals surface area contributed by atoms with Crippen molar-refractivity contribution in [3.8, 4) is 16.9 Å². The van der Waals surface area contributed by atoms with E-state index in [1.807, 2.05) is 48.2 Å². The second-order valence-corrected chi connectivity index (χ2v) is 7.46. The van der Waals surface area contributed by atoms with Gasteiger partial charge in [-0.1, -0.05) is 12.1 Å². The standard InChI is InChI=1S/C20H16N4OS2/c1-26-17-9-5-14(6-10-17)18-13-27-20(22-18)23-19(25)15-3-7-16(8-4-15)24-12-2-11-21-24/h2-13H,1H3,(H,22,23,25). The van der Waals surface area contributed by atoms with Crippen LogP contribution in [0.3, 0.4) is 0 Å². The van der Waals surface area contributed by atoms with Crippen LogP contribution in [-0.4, -0.2) is 26.9 Å². The van der Waals surface area contributed by atoms with Crippen molar-refractivity contribution < 1.29 is 4.79 Å². The lowest BCUT2D eigenvalue weighted by Crippen LogP contribution is -2.11. The third-order valence-corrected chi connectivity index (χ3v) is 5.51. The molecule has 134 valence electrons. The predicted octanol–water partition coefficient (Wildman–Crippen LogP) is 4.97. The molecular weight excluding hydrogens is 376 g/mol. The average molecular weight is 393 g/mol. The fourth-order valence-electron chi connectivity index (χ4n) is 2.58. The molecule has 0 aliphatic heterocycles. The zero-order chi connectivity index (χ0) is 18.6. The van der Waals surface area contributed by atoms with E-state index in [1.54, 1.807) is 34.8 Å². The minimum absolute atomic E-state index is 0.180. The van der Waals surface area contributed by atoms with Crippen LogP contribution in [0.1, 0.15) is 10.4 Å². The summed E-state index contributed by atoms with van der Waals surface area (Å²) in [5.74, 6) is -0.180. The SMILES string of the molecule is CSc1ccc(-c2csc(NC(=O)c3ccc(-n4cccn4)cc3)n2)cc1. The highest BCUT2D eigenvalue weighted by Gasteiger charge is 2.10. The number of anilines is 1. The molecule has 2 aromatic heterocycles. The van der Waals surface area contributed by atoms with Crippen molar-refractivity contribution in [3.05, 3.63) is 77.9 Å². The fourth-order valence-corrected chi connectivity index (χ4v) is 3.70. The van der Waals surface area contributed by atoms with E-state index in [9.17, 15) is 4.79 Å². The van der Waals surface area contributed by atoms with E-state index in [2.05, 4.69) is 27.5 Å². The summed E-state index contributed by atoms with van der Waals surface area (Å²) in [6.07, 6.45) is 5.63. The molecule has 0 unspecified atom stereocenters. The Kier molecular flexibility index (Phi) is 5.04. The minimum atomic E-state index is -0.180. The first-order chi connectivity index (χ1) is 13.2. The van der Waals surface area contributed by atoms with Crippen molar-refractivity contribution in [3.63, 3.8) is 0 Å². The van der Waals surface area contributed by atoms with Gasteiger partial charge in [-0.25, -0.2) is 9.67 Å². The molecule has 2 aromatic carbocycles. The van der Waals surface area contributed by atoms with E-state index in [0.717, 1.165) is 16.9 Å². The first kappa shape index (κ1) is 17.5. The molecule has 0 atom stereocenters. The number of aromatic nitrogens is 3. The van der Waals surface area contributed by atoms with Crippen molar-refractivity contribution in [2.45, 2.75) is 4.90 Å². The number of rotatable bonds is 5. The maximum absolute atomic E-state index is 12.5. The Bertz CT molecular complexity index is 1040.